The molecule has 2 N–H and O–H groups in total. The van der Waals surface area contributed by atoms with Crippen LogP contribution >= 0.6 is 11.8 Å². The van der Waals surface area contributed by atoms with E-state index >= 15 is 0 Å². The number of imidazole rings is 1. The van der Waals surface area contributed by atoms with Crippen LogP contribution in [0.1, 0.15) is 31.4 Å². The molecule has 4 nitrogen and oxygen atoms in total. The third kappa shape index (κ3) is 3.62. The van der Waals surface area contributed by atoms with Crippen LogP contribution in [0.2, 0.25) is 0 Å². The smallest absolute Gasteiger partial charge is 0.202 e. The van der Waals surface area contributed by atoms with E-state index in [0.29, 0.717) is 5.95 Å². The predicted octanol–water partition coefficient (Wildman–Crippen LogP) is 3.25. The number of hydrogen-bond acceptors (Lipinski definition) is 4. The first-order valence-electron chi connectivity index (χ1n) is 6.80. The second-order valence-electron chi connectivity index (χ2n) is 4.82. The van der Waals surface area contributed by atoms with Crippen molar-refractivity contribution in [1.29, 1.82) is 0 Å². The first kappa shape index (κ1) is 14.2. The number of nitrogen functional groups attached to an aromatic ring is 1. The van der Waals surface area contributed by atoms with Crippen LogP contribution in [-0.4, -0.2) is 26.5 Å². The first-order valence-corrected chi connectivity index (χ1v) is 8.20. The zero-order valence-electron chi connectivity index (χ0n) is 11.7. The maximum absolute atomic E-state index is 5.97. The highest BCUT2D eigenvalue weighted by molar-refractivity contribution is 7.98. The van der Waals surface area contributed by atoms with Gasteiger partial charge in [-0.2, -0.15) is 11.8 Å². The van der Waals surface area contributed by atoms with Gasteiger partial charge in [0.05, 0.1) is 0 Å². The Morgan fingerprint density at radius 2 is 1.95 bits per heavy atom. The molecule has 0 bridgehead atoms. The number of aromatic nitrogens is 3. The van der Waals surface area contributed by atoms with Crippen LogP contribution in [0.3, 0.4) is 0 Å². The van der Waals surface area contributed by atoms with Crippen molar-refractivity contribution in [2.45, 2.75) is 39.2 Å². The van der Waals surface area contributed by atoms with Crippen molar-refractivity contribution in [3.8, 4) is 0 Å². The summed E-state index contributed by atoms with van der Waals surface area (Å²) in [7, 11) is 0. The number of hydrogen-bond donors (Lipinski definition) is 1. The molecular weight excluding hydrogens is 256 g/mol. The number of pyridine rings is 1. The summed E-state index contributed by atoms with van der Waals surface area (Å²) in [5, 5.41) is 0. The highest BCUT2D eigenvalue weighted by Gasteiger charge is 2.08. The molecule has 0 spiro atoms. The molecule has 0 amide bonds. The van der Waals surface area contributed by atoms with E-state index in [9.17, 15) is 0 Å². The normalized spacial score (nSPS) is 11.3. The molecule has 0 atom stereocenters. The van der Waals surface area contributed by atoms with E-state index in [2.05, 4.69) is 16.2 Å². The van der Waals surface area contributed by atoms with Gasteiger partial charge in [-0.3, -0.25) is 4.57 Å². The average molecular weight is 278 g/mol. The number of thioether (sulfide) groups is 1. The van der Waals surface area contributed by atoms with Crippen LogP contribution in [0.4, 0.5) is 5.95 Å². The Morgan fingerprint density at radius 1 is 1.16 bits per heavy atom. The second-order valence-corrected chi connectivity index (χ2v) is 5.81. The van der Waals surface area contributed by atoms with E-state index in [1.807, 2.05) is 35.4 Å². The van der Waals surface area contributed by atoms with Crippen molar-refractivity contribution in [2.75, 3.05) is 17.7 Å². The highest BCUT2D eigenvalue weighted by Crippen LogP contribution is 2.17. The third-order valence-electron chi connectivity index (χ3n) is 3.24. The predicted molar refractivity (Wildman–Crippen MR) is 83.5 cm³/mol. The summed E-state index contributed by atoms with van der Waals surface area (Å²) < 4.78 is 2.04. The summed E-state index contributed by atoms with van der Waals surface area (Å²) in [4.78, 5) is 8.90. The monoisotopic (exact) mass is 278 g/mol. The number of anilines is 1. The fraction of sp³-hybridized carbons (Fsp3) is 0.571. The van der Waals surface area contributed by atoms with E-state index in [-0.39, 0.29) is 0 Å². The molecule has 0 fully saturated rings. The summed E-state index contributed by atoms with van der Waals surface area (Å²) >= 11 is 1.92. The largest absolute Gasteiger partial charge is 0.369 e. The Bertz CT molecular complexity index is 535. The fourth-order valence-electron chi connectivity index (χ4n) is 2.20. The van der Waals surface area contributed by atoms with Crippen LogP contribution in [0.25, 0.3) is 11.2 Å². The lowest BCUT2D eigenvalue weighted by atomic mass is 10.2. The molecule has 0 unspecified atom stereocenters. The second kappa shape index (κ2) is 6.80. The molecule has 0 aliphatic rings. The number of rotatable bonds is 7. The minimum Gasteiger partial charge on any atom is -0.369 e. The maximum atomic E-state index is 5.97. The van der Waals surface area contributed by atoms with Gasteiger partial charge < -0.3 is 5.73 Å². The zero-order valence-corrected chi connectivity index (χ0v) is 12.5. The Labute approximate surface area is 118 Å². The molecule has 0 aliphatic carbocycles. The number of fused-ring (bicyclic) bond motifs is 1. The number of unbranched alkanes of at least 4 members (excludes halogenated alkanes) is 3. The Kier molecular flexibility index (Phi) is 5.07. The first-order chi connectivity index (χ1) is 9.22. The van der Waals surface area contributed by atoms with Crippen molar-refractivity contribution < 1.29 is 0 Å². The minimum absolute atomic E-state index is 0.581. The summed E-state index contributed by atoms with van der Waals surface area (Å²) in [6, 6.07) is 3.96. The molecule has 2 heterocycles. The van der Waals surface area contributed by atoms with Gasteiger partial charge in [0.1, 0.15) is 5.52 Å². The standard InChI is InChI=1S/C14H22N4S/c1-11-7-8-12-13(16-11)18(14(15)17-12)9-5-3-4-6-10-19-2/h7-8H,3-6,9-10H2,1-2H3,(H2,15,17). The molecule has 2 rings (SSSR count). The van der Waals surface area contributed by atoms with Crippen molar-refractivity contribution in [1.82, 2.24) is 14.5 Å². The lowest BCUT2D eigenvalue weighted by molar-refractivity contribution is 0.595. The molecular formula is C14H22N4S. The lowest BCUT2D eigenvalue weighted by Gasteiger charge is -2.06. The van der Waals surface area contributed by atoms with Gasteiger partial charge in [-0.05, 0) is 43.9 Å². The number of nitrogens with zero attached hydrogens (tertiary/aromatic N) is 3. The van der Waals surface area contributed by atoms with Gasteiger partial charge in [-0.25, -0.2) is 9.97 Å². The topological polar surface area (TPSA) is 56.7 Å². The summed E-state index contributed by atoms with van der Waals surface area (Å²) in [6.45, 7) is 2.91. The highest BCUT2D eigenvalue weighted by atomic mass is 32.2. The number of aryl methyl sites for hydroxylation is 2. The zero-order chi connectivity index (χ0) is 13.7. The summed E-state index contributed by atoms with van der Waals surface area (Å²) in [5.41, 5.74) is 8.79. The molecule has 0 radical (unpaired) electrons. The molecule has 19 heavy (non-hydrogen) atoms. The Balaban J connectivity index is 1.96. The lowest BCUT2D eigenvalue weighted by Crippen LogP contribution is -2.04. The fourth-order valence-corrected chi connectivity index (χ4v) is 2.70. The minimum atomic E-state index is 0.581. The van der Waals surface area contributed by atoms with Gasteiger partial charge in [-0.1, -0.05) is 12.8 Å². The van der Waals surface area contributed by atoms with Gasteiger partial charge in [0.25, 0.3) is 0 Å². The van der Waals surface area contributed by atoms with Crippen molar-refractivity contribution in [2.24, 2.45) is 0 Å². The molecule has 2 aromatic rings. The Morgan fingerprint density at radius 3 is 2.74 bits per heavy atom. The summed E-state index contributed by atoms with van der Waals surface area (Å²) in [5.74, 6) is 1.84. The van der Waals surface area contributed by atoms with Crippen LogP contribution < -0.4 is 5.73 Å². The van der Waals surface area contributed by atoms with Gasteiger partial charge in [-0.15, -0.1) is 0 Å². The van der Waals surface area contributed by atoms with Crippen molar-refractivity contribution >= 4 is 28.9 Å². The Hall–Kier alpha value is -1.23. The van der Waals surface area contributed by atoms with Crippen LogP contribution in [0.15, 0.2) is 12.1 Å². The van der Waals surface area contributed by atoms with E-state index in [1.165, 1.54) is 25.0 Å². The van der Waals surface area contributed by atoms with Gasteiger partial charge in [0.2, 0.25) is 5.95 Å². The maximum Gasteiger partial charge on any atom is 0.202 e. The van der Waals surface area contributed by atoms with Crippen molar-refractivity contribution in [3.05, 3.63) is 17.8 Å². The molecule has 2 aromatic heterocycles. The molecule has 0 saturated heterocycles. The summed E-state index contributed by atoms with van der Waals surface area (Å²) in [6.07, 6.45) is 7.13. The average Bonchev–Trinajstić information content (AvgIpc) is 2.69. The molecule has 0 aliphatic heterocycles. The SMILES string of the molecule is CSCCCCCCn1c(N)nc2ccc(C)nc21. The van der Waals surface area contributed by atoms with Gasteiger partial charge in [0, 0.05) is 12.2 Å². The van der Waals surface area contributed by atoms with Gasteiger partial charge in [0.15, 0.2) is 5.65 Å². The molecule has 5 heteroatoms. The third-order valence-corrected chi connectivity index (χ3v) is 3.94. The van der Waals surface area contributed by atoms with Crippen molar-refractivity contribution in [3.63, 3.8) is 0 Å². The van der Waals surface area contributed by atoms with E-state index in [0.717, 1.165) is 29.8 Å². The molecule has 104 valence electrons. The quantitative estimate of drug-likeness (QED) is 0.790. The number of nitrogens with two attached hydrogens (primary N) is 1. The van der Waals surface area contributed by atoms with E-state index in [1.54, 1.807) is 0 Å². The molecule has 0 aromatic carbocycles. The van der Waals surface area contributed by atoms with E-state index in [4.69, 9.17) is 5.73 Å². The van der Waals surface area contributed by atoms with Crippen LogP contribution in [0.5, 0.6) is 0 Å². The van der Waals surface area contributed by atoms with E-state index < -0.39 is 0 Å². The van der Waals surface area contributed by atoms with Gasteiger partial charge >= 0.3 is 0 Å². The van der Waals surface area contributed by atoms with Crippen LogP contribution in [0, 0.1) is 6.92 Å². The molecule has 0 saturated carbocycles. The van der Waals surface area contributed by atoms with Crippen LogP contribution in [-0.2, 0) is 6.54 Å².